The Bertz CT molecular complexity index is 530. The van der Waals surface area contributed by atoms with Crippen LogP contribution in [0, 0.1) is 0 Å². The molecule has 1 rings (SSSR count). The Balaban J connectivity index is 3.54. The minimum absolute atomic E-state index is 0.0966. The lowest BCUT2D eigenvalue weighted by molar-refractivity contribution is -0.114. The number of amides is 1. The molecule has 0 aromatic heterocycles. The van der Waals surface area contributed by atoms with Crippen LogP contribution in [0.1, 0.15) is 6.92 Å². The second kappa shape index (κ2) is 3.41. The molecular weight excluding hydrogens is 305 g/mol. The minimum Gasteiger partial charge on any atom is -0.506 e. The summed E-state index contributed by atoms with van der Waals surface area (Å²) in [6.45, 7) is 0.938. The Kier molecular flexibility index (Phi) is 2.81. The fourth-order valence-electron chi connectivity index (χ4n) is 1.13. The van der Waals surface area contributed by atoms with E-state index >= 15 is 0 Å². The molecule has 1 aromatic rings. The normalized spacial score (nSPS) is 15.7. The van der Waals surface area contributed by atoms with E-state index in [2.05, 4.69) is 0 Å². The number of phenolic OH excluding ortho intramolecular Hbond substituents is 1. The summed E-state index contributed by atoms with van der Waals surface area (Å²) in [5.74, 6) is -1.68. The van der Waals surface area contributed by atoms with Gasteiger partial charge in [0.1, 0.15) is 10.6 Å². The predicted molar refractivity (Wildman–Crippen MR) is 58.8 cm³/mol. The van der Waals surface area contributed by atoms with E-state index in [1.165, 1.54) is 0 Å². The second-order valence-corrected chi connectivity index (χ2v) is 6.23. The highest BCUT2D eigenvalue weighted by Crippen LogP contribution is 3.02. The highest BCUT2D eigenvalue weighted by Gasteiger charge is 2.66. The topological polar surface area (TPSA) is 49.3 Å². The number of aromatic hydroxyl groups is 1. The first-order valence-corrected chi connectivity index (χ1v) is 6.58. The van der Waals surface area contributed by atoms with Crippen molar-refractivity contribution in [2.24, 2.45) is 0 Å². The first-order chi connectivity index (χ1) is 7.70. The quantitative estimate of drug-likeness (QED) is 0.616. The van der Waals surface area contributed by atoms with Gasteiger partial charge in [-0.3, -0.25) is 4.79 Å². The van der Waals surface area contributed by atoms with Crippen molar-refractivity contribution >= 4 is 33.4 Å². The van der Waals surface area contributed by atoms with Crippen LogP contribution >= 0.6 is 21.8 Å². The number of carbonyl (C=O) groups excluding carboxylic acids is 1. The van der Waals surface area contributed by atoms with Crippen molar-refractivity contribution in [3.8, 4) is 5.75 Å². The summed E-state index contributed by atoms with van der Waals surface area (Å²) in [6.07, 6.45) is 0. The summed E-state index contributed by atoms with van der Waals surface area (Å²) in [4.78, 5) is 8.29. The zero-order chi connectivity index (χ0) is 14.4. The van der Waals surface area contributed by atoms with Crippen molar-refractivity contribution in [3.63, 3.8) is 0 Å². The van der Waals surface area contributed by atoms with Crippen molar-refractivity contribution < 1.29 is 29.3 Å². The highest BCUT2D eigenvalue weighted by molar-refractivity contribution is 8.45. The molecule has 0 saturated carbocycles. The maximum absolute atomic E-state index is 12.6. The third kappa shape index (κ3) is 3.39. The van der Waals surface area contributed by atoms with Gasteiger partial charge in [-0.2, -0.15) is 0 Å². The molecule has 0 unspecified atom stereocenters. The molecular formula is C8H7ClF5NO2S. The van der Waals surface area contributed by atoms with Gasteiger partial charge in [0.05, 0.1) is 10.7 Å². The van der Waals surface area contributed by atoms with Gasteiger partial charge in [-0.1, -0.05) is 31.0 Å². The fraction of sp³-hybridized carbons (Fsp3) is 0.125. The molecule has 2 N–H and O–H groups in total. The van der Waals surface area contributed by atoms with E-state index in [9.17, 15) is 29.3 Å². The summed E-state index contributed by atoms with van der Waals surface area (Å²) in [7, 11) is -9.99. The predicted octanol–water partition coefficient (Wildman–Crippen LogP) is 4.66. The van der Waals surface area contributed by atoms with Crippen LogP contribution in [0.2, 0.25) is 5.02 Å². The van der Waals surface area contributed by atoms with Gasteiger partial charge in [0.25, 0.3) is 0 Å². The van der Waals surface area contributed by atoms with Crippen LogP contribution in [0.5, 0.6) is 5.75 Å². The monoisotopic (exact) mass is 311 g/mol. The van der Waals surface area contributed by atoms with E-state index in [-0.39, 0.29) is 6.07 Å². The number of anilines is 1. The molecule has 0 aliphatic heterocycles. The maximum Gasteiger partial charge on any atom is 0.311 e. The zero-order valence-electron chi connectivity index (χ0n) is 8.69. The zero-order valence-corrected chi connectivity index (χ0v) is 10.3. The fourth-order valence-corrected chi connectivity index (χ4v) is 2.49. The van der Waals surface area contributed by atoms with E-state index < -0.39 is 37.5 Å². The molecule has 0 bridgehead atoms. The molecule has 0 radical (unpaired) electrons. The largest absolute Gasteiger partial charge is 0.506 e. The first kappa shape index (κ1) is 14.8. The van der Waals surface area contributed by atoms with Crippen LogP contribution in [0.4, 0.5) is 25.1 Å². The van der Waals surface area contributed by atoms with Crippen molar-refractivity contribution in [2.45, 2.75) is 11.8 Å². The lowest BCUT2D eigenvalue weighted by atomic mass is 10.3. The molecule has 0 aliphatic rings. The SMILES string of the molecule is CC(=O)Nc1cc(S(F)(F)(F)(F)F)c(Cl)cc1O. The molecule has 0 atom stereocenters. The average Bonchev–Trinajstić information content (AvgIpc) is 2.04. The van der Waals surface area contributed by atoms with Gasteiger partial charge in [0.2, 0.25) is 5.91 Å². The lowest BCUT2D eigenvalue weighted by Gasteiger charge is -2.41. The van der Waals surface area contributed by atoms with Gasteiger partial charge in [0.15, 0.2) is 0 Å². The van der Waals surface area contributed by atoms with Gasteiger partial charge in [-0.15, -0.1) is 0 Å². The third-order valence-corrected chi connectivity index (χ3v) is 3.37. The average molecular weight is 312 g/mol. The van der Waals surface area contributed by atoms with Crippen LogP contribution in [0.3, 0.4) is 0 Å². The van der Waals surface area contributed by atoms with Crippen LogP contribution in [0.25, 0.3) is 0 Å². The van der Waals surface area contributed by atoms with Crippen molar-refractivity contribution in [1.82, 2.24) is 0 Å². The lowest BCUT2D eigenvalue weighted by Crippen LogP contribution is -2.10. The number of nitrogens with one attached hydrogen (secondary N) is 1. The molecule has 1 aromatic carbocycles. The van der Waals surface area contributed by atoms with Crippen LogP contribution < -0.4 is 5.32 Å². The van der Waals surface area contributed by atoms with Crippen LogP contribution in [-0.4, -0.2) is 11.0 Å². The van der Waals surface area contributed by atoms with Crippen LogP contribution in [0.15, 0.2) is 17.0 Å². The molecule has 0 spiro atoms. The Morgan fingerprint density at radius 1 is 1.28 bits per heavy atom. The van der Waals surface area contributed by atoms with Crippen molar-refractivity contribution in [3.05, 3.63) is 17.2 Å². The maximum atomic E-state index is 12.6. The Morgan fingerprint density at radius 3 is 2.17 bits per heavy atom. The molecule has 0 aliphatic carbocycles. The second-order valence-electron chi connectivity index (χ2n) is 3.45. The van der Waals surface area contributed by atoms with Crippen LogP contribution in [-0.2, 0) is 4.79 Å². The molecule has 0 saturated heterocycles. The standard InChI is InChI=1S/C8H7ClF5NO2S/c1-4(16)15-6-3-8(5(9)2-7(6)17)18(10,11,12,13)14/h2-3,17H,1H3,(H,15,16). The number of hydrogen-bond donors (Lipinski definition) is 2. The molecule has 18 heavy (non-hydrogen) atoms. The summed E-state index contributed by atoms with van der Waals surface area (Å²) in [5.41, 5.74) is -0.796. The summed E-state index contributed by atoms with van der Waals surface area (Å²) in [6, 6.07) is 0.195. The van der Waals surface area contributed by atoms with Gasteiger partial charge >= 0.3 is 10.2 Å². The Hall–Kier alpha value is -1.22. The number of carbonyl (C=O) groups is 1. The highest BCUT2D eigenvalue weighted by atomic mass is 35.5. The number of rotatable bonds is 2. The molecule has 3 nitrogen and oxygen atoms in total. The van der Waals surface area contributed by atoms with E-state index in [0.717, 1.165) is 6.92 Å². The molecule has 0 heterocycles. The number of phenols is 1. The van der Waals surface area contributed by atoms with E-state index in [4.69, 9.17) is 11.6 Å². The van der Waals surface area contributed by atoms with Gasteiger partial charge in [0, 0.05) is 13.0 Å². The number of benzene rings is 1. The minimum atomic E-state index is -9.99. The van der Waals surface area contributed by atoms with Gasteiger partial charge in [-0.25, -0.2) is 0 Å². The smallest absolute Gasteiger partial charge is 0.311 e. The molecule has 0 fully saturated rings. The van der Waals surface area contributed by atoms with E-state index in [1.807, 2.05) is 0 Å². The third-order valence-electron chi connectivity index (χ3n) is 1.78. The van der Waals surface area contributed by atoms with Crippen molar-refractivity contribution in [1.29, 1.82) is 0 Å². The molecule has 1 amide bonds. The summed E-state index contributed by atoms with van der Waals surface area (Å²) < 4.78 is 62.9. The number of halogens is 6. The number of hydrogen-bond acceptors (Lipinski definition) is 2. The summed E-state index contributed by atoms with van der Waals surface area (Å²) >= 11 is 5.06. The molecule has 10 heteroatoms. The summed E-state index contributed by atoms with van der Waals surface area (Å²) in [5, 5.41) is 9.64. The Morgan fingerprint density at radius 2 is 1.78 bits per heavy atom. The van der Waals surface area contributed by atoms with E-state index in [1.54, 1.807) is 5.32 Å². The van der Waals surface area contributed by atoms with Gasteiger partial charge < -0.3 is 10.4 Å². The Labute approximate surface area is 103 Å². The van der Waals surface area contributed by atoms with Gasteiger partial charge in [-0.05, 0) is 6.07 Å². The first-order valence-electron chi connectivity index (χ1n) is 4.25. The molecule has 104 valence electrons. The van der Waals surface area contributed by atoms with E-state index in [0.29, 0.717) is 6.07 Å². The van der Waals surface area contributed by atoms with Crippen molar-refractivity contribution in [2.75, 3.05) is 5.32 Å².